The number of amides is 1. The molecule has 1 N–H and O–H groups in total. The predicted octanol–water partition coefficient (Wildman–Crippen LogP) is 2.57. The van der Waals surface area contributed by atoms with Gasteiger partial charge in [-0.15, -0.1) is 0 Å². The van der Waals surface area contributed by atoms with E-state index in [2.05, 4.69) is 5.32 Å². The van der Waals surface area contributed by atoms with Gasteiger partial charge in [0.25, 0.3) is 0 Å². The molecule has 0 saturated heterocycles. The average molecular weight is 252 g/mol. The van der Waals surface area contributed by atoms with E-state index in [0.717, 1.165) is 0 Å². The van der Waals surface area contributed by atoms with Gasteiger partial charge in [-0.25, -0.2) is 4.39 Å². The maximum atomic E-state index is 13.0. The maximum Gasteiger partial charge on any atom is 0.227 e. The Kier molecular flexibility index (Phi) is 4.84. The summed E-state index contributed by atoms with van der Waals surface area (Å²) >= 11 is 0. The zero-order valence-corrected chi connectivity index (χ0v) is 11.5. The molecule has 3 nitrogen and oxygen atoms in total. The molecule has 0 fully saturated rings. The van der Waals surface area contributed by atoms with Crippen molar-refractivity contribution in [3.05, 3.63) is 30.1 Å². The van der Waals surface area contributed by atoms with E-state index < -0.39 is 0 Å². The summed E-state index contributed by atoms with van der Waals surface area (Å²) in [5.41, 5.74) is 0.577. The highest BCUT2D eigenvalue weighted by atomic mass is 19.1. The Hall–Kier alpha value is -1.42. The first-order chi connectivity index (χ1) is 8.29. The number of benzene rings is 1. The van der Waals surface area contributed by atoms with E-state index in [0.29, 0.717) is 18.7 Å². The minimum Gasteiger partial charge on any atom is -0.315 e. The van der Waals surface area contributed by atoms with Gasteiger partial charge in [0.15, 0.2) is 0 Å². The summed E-state index contributed by atoms with van der Waals surface area (Å²) in [4.78, 5) is 13.4. The molecule has 1 rings (SSSR count). The van der Waals surface area contributed by atoms with Crippen LogP contribution in [0.5, 0.6) is 0 Å². The van der Waals surface area contributed by atoms with E-state index in [4.69, 9.17) is 0 Å². The first-order valence-corrected chi connectivity index (χ1v) is 6.07. The van der Waals surface area contributed by atoms with Crippen molar-refractivity contribution in [3.63, 3.8) is 0 Å². The van der Waals surface area contributed by atoms with Crippen LogP contribution in [0.3, 0.4) is 0 Å². The lowest BCUT2D eigenvalue weighted by Crippen LogP contribution is -2.38. The van der Waals surface area contributed by atoms with Crippen LogP contribution in [0.25, 0.3) is 0 Å². The third-order valence-corrected chi connectivity index (χ3v) is 2.56. The molecule has 1 amide bonds. The van der Waals surface area contributed by atoms with Crippen LogP contribution in [0, 0.1) is 5.82 Å². The number of hydrogen-bond acceptors (Lipinski definition) is 2. The zero-order chi connectivity index (χ0) is 13.8. The average Bonchev–Trinajstić information content (AvgIpc) is 2.26. The number of anilines is 1. The van der Waals surface area contributed by atoms with Gasteiger partial charge in [-0.05, 0) is 39.0 Å². The Morgan fingerprint density at radius 2 is 2.06 bits per heavy atom. The number of nitrogens with one attached hydrogen (secondary N) is 1. The maximum absolute atomic E-state index is 13.0. The molecule has 1 aromatic carbocycles. The molecule has 0 aliphatic carbocycles. The normalized spacial score (nSPS) is 11.4. The van der Waals surface area contributed by atoms with Gasteiger partial charge in [0, 0.05) is 31.2 Å². The van der Waals surface area contributed by atoms with Crippen LogP contribution < -0.4 is 10.2 Å². The van der Waals surface area contributed by atoms with E-state index in [1.54, 1.807) is 19.2 Å². The highest BCUT2D eigenvalue weighted by molar-refractivity contribution is 5.92. The third-order valence-electron chi connectivity index (χ3n) is 2.56. The second-order valence-electron chi connectivity index (χ2n) is 5.36. The van der Waals surface area contributed by atoms with E-state index in [-0.39, 0.29) is 17.3 Å². The summed E-state index contributed by atoms with van der Waals surface area (Å²) in [5, 5.41) is 3.25. The number of carbonyl (C=O) groups is 1. The Morgan fingerprint density at radius 3 is 2.61 bits per heavy atom. The van der Waals surface area contributed by atoms with Crippen molar-refractivity contribution >= 4 is 11.6 Å². The monoisotopic (exact) mass is 252 g/mol. The molecular weight excluding hydrogens is 231 g/mol. The summed E-state index contributed by atoms with van der Waals surface area (Å²) in [6.07, 6.45) is 0.393. The van der Waals surface area contributed by atoms with Crippen LogP contribution in [-0.2, 0) is 4.79 Å². The molecule has 0 atom stereocenters. The Morgan fingerprint density at radius 1 is 1.39 bits per heavy atom. The Bertz CT molecular complexity index is 413. The fraction of sp³-hybridized carbons (Fsp3) is 0.500. The molecule has 0 heterocycles. The number of rotatable bonds is 4. The second kappa shape index (κ2) is 5.96. The molecule has 18 heavy (non-hydrogen) atoms. The number of carbonyl (C=O) groups excluding carboxylic acids is 1. The molecule has 0 saturated carbocycles. The molecule has 0 unspecified atom stereocenters. The van der Waals surface area contributed by atoms with E-state index >= 15 is 0 Å². The van der Waals surface area contributed by atoms with Crippen molar-refractivity contribution in [2.24, 2.45) is 0 Å². The van der Waals surface area contributed by atoms with E-state index in [1.807, 2.05) is 20.8 Å². The quantitative estimate of drug-likeness (QED) is 0.893. The zero-order valence-electron chi connectivity index (χ0n) is 11.5. The summed E-state index contributed by atoms with van der Waals surface area (Å²) in [6, 6.07) is 6.04. The molecule has 0 aromatic heterocycles. The molecule has 1 aromatic rings. The Labute approximate surface area is 108 Å². The lowest BCUT2D eigenvalue weighted by atomic mass is 10.1. The van der Waals surface area contributed by atoms with Gasteiger partial charge < -0.3 is 10.2 Å². The van der Waals surface area contributed by atoms with Crippen LogP contribution in [0.4, 0.5) is 10.1 Å². The van der Waals surface area contributed by atoms with Gasteiger partial charge in [-0.1, -0.05) is 6.07 Å². The summed E-state index contributed by atoms with van der Waals surface area (Å²) in [6.45, 7) is 6.76. The molecular formula is C14H21FN2O. The van der Waals surface area contributed by atoms with Crippen molar-refractivity contribution in [1.29, 1.82) is 0 Å². The van der Waals surface area contributed by atoms with Crippen molar-refractivity contribution in [3.8, 4) is 0 Å². The highest BCUT2D eigenvalue weighted by Gasteiger charge is 2.13. The number of nitrogens with zero attached hydrogens (tertiary/aromatic N) is 1. The first-order valence-electron chi connectivity index (χ1n) is 6.07. The first kappa shape index (κ1) is 14.6. The van der Waals surface area contributed by atoms with Gasteiger partial charge >= 0.3 is 0 Å². The van der Waals surface area contributed by atoms with Gasteiger partial charge in [-0.2, -0.15) is 0 Å². The van der Waals surface area contributed by atoms with Crippen molar-refractivity contribution in [2.45, 2.75) is 32.7 Å². The van der Waals surface area contributed by atoms with Gasteiger partial charge in [0.05, 0.1) is 0 Å². The smallest absolute Gasteiger partial charge is 0.227 e. The van der Waals surface area contributed by atoms with Crippen LogP contribution in [0.15, 0.2) is 24.3 Å². The highest BCUT2D eigenvalue weighted by Crippen LogP contribution is 2.14. The van der Waals surface area contributed by atoms with Crippen molar-refractivity contribution < 1.29 is 9.18 Å². The van der Waals surface area contributed by atoms with E-state index in [9.17, 15) is 9.18 Å². The van der Waals surface area contributed by atoms with Gasteiger partial charge in [0.2, 0.25) is 5.91 Å². The Balaban J connectivity index is 2.52. The van der Waals surface area contributed by atoms with Crippen molar-refractivity contribution in [1.82, 2.24) is 5.32 Å². The summed E-state index contributed by atoms with van der Waals surface area (Å²) in [7, 11) is 1.66. The van der Waals surface area contributed by atoms with Gasteiger partial charge in [-0.3, -0.25) is 4.79 Å². The van der Waals surface area contributed by atoms with Crippen LogP contribution in [-0.4, -0.2) is 25.0 Å². The minimum absolute atomic E-state index is 0.00228. The standard InChI is InChI=1S/C14H21FN2O/c1-14(2,3)16-9-8-13(18)17(4)12-7-5-6-11(15)10-12/h5-7,10,16H,8-9H2,1-4H3. The lowest BCUT2D eigenvalue weighted by Gasteiger charge is -2.22. The molecule has 0 spiro atoms. The topological polar surface area (TPSA) is 32.3 Å². The summed E-state index contributed by atoms with van der Waals surface area (Å²) in [5.74, 6) is -0.364. The molecule has 0 aliphatic heterocycles. The largest absolute Gasteiger partial charge is 0.315 e. The fourth-order valence-electron chi connectivity index (χ4n) is 1.54. The van der Waals surface area contributed by atoms with Crippen LogP contribution in [0.1, 0.15) is 27.2 Å². The van der Waals surface area contributed by atoms with Gasteiger partial charge in [0.1, 0.15) is 5.82 Å². The summed E-state index contributed by atoms with van der Waals surface area (Å²) < 4.78 is 13.0. The fourth-order valence-corrected chi connectivity index (χ4v) is 1.54. The van der Waals surface area contributed by atoms with Crippen molar-refractivity contribution in [2.75, 3.05) is 18.5 Å². The van der Waals surface area contributed by atoms with Crippen LogP contribution in [0.2, 0.25) is 0 Å². The third kappa shape index (κ3) is 4.84. The number of hydrogen-bond donors (Lipinski definition) is 1. The van der Waals surface area contributed by atoms with E-state index in [1.165, 1.54) is 17.0 Å². The minimum atomic E-state index is -0.333. The molecule has 0 aliphatic rings. The number of halogens is 1. The molecule has 0 bridgehead atoms. The second-order valence-corrected chi connectivity index (χ2v) is 5.36. The lowest BCUT2D eigenvalue weighted by molar-refractivity contribution is -0.118. The molecule has 100 valence electrons. The molecule has 0 radical (unpaired) electrons. The SMILES string of the molecule is CN(C(=O)CCNC(C)(C)C)c1cccc(F)c1. The predicted molar refractivity (Wildman–Crippen MR) is 72.2 cm³/mol. The van der Waals surface area contributed by atoms with Crippen LogP contribution >= 0.6 is 0 Å². The molecule has 4 heteroatoms.